The summed E-state index contributed by atoms with van der Waals surface area (Å²) in [6.07, 6.45) is 0. The van der Waals surface area contributed by atoms with E-state index in [1.54, 1.807) is 0 Å². The molecule has 0 unspecified atom stereocenters. The molecule has 1 N–H and O–H groups in total. The second-order valence-corrected chi connectivity index (χ2v) is 9.46. The Kier molecular flexibility index (Phi) is 6.35. The van der Waals surface area contributed by atoms with Crippen LogP contribution in [-0.2, 0) is 16.7 Å². The van der Waals surface area contributed by atoms with Crippen LogP contribution in [0.15, 0.2) is 78.9 Å². The first-order valence-electron chi connectivity index (χ1n) is 11.3. The molecule has 3 heteroatoms. The van der Waals surface area contributed by atoms with E-state index < -0.39 is 0 Å². The van der Waals surface area contributed by atoms with Gasteiger partial charge in [0.1, 0.15) is 0 Å². The molecule has 0 fully saturated rings. The summed E-state index contributed by atoms with van der Waals surface area (Å²) in [6, 6.07) is 27.7. The molecule has 0 saturated heterocycles. The van der Waals surface area contributed by atoms with E-state index in [-0.39, 0.29) is 11.4 Å². The third kappa shape index (κ3) is 4.69. The van der Waals surface area contributed by atoms with E-state index in [0.29, 0.717) is 12.1 Å². The summed E-state index contributed by atoms with van der Waals surface area (Å²) in [5, 5.41) is 5.63. The van der Waals surface area contributed by atoms with Crippen molar-refractivity contribution in [3.8, 4) is 22.3 Å². The SMILES string of the molecule is CNCc1cc(C(=O)OC)ccc1-c1ccc2c(-c3ccc(C(C)(C)C)cc3)cccc2c1. The number of hydrogen-bond acceptors (Lipinski definition) is 3. The van der Waals surface area contributed by atoms with E-state index in [9.17, 15) is 4.79 Å². The number of esters is 1. The number of hydrogen-bond donors (Lipinski definition) is 1. The lowest BCUT2D eigenvalue weighted by Crippen LogP contribution is -2.10. The maximum absolute atomic E-state index is 12.0. The van der Waals surface area contributed by atoms with Gasteiger partial charge in [0.05, 0.1) is 12.7 Å². The molecule has 168 valence electrons. The molecule has 0 aliphatic heterocycles. The predicted octanol–water partition coefficient (Wildman–Crippen LogP) is 6.98. The normalized spacial score (nSPS) is 11.5. The van der Waals surface area contributed by atoms with Crippen LogP contribution in [0.4, 0.5) is 0 Å². The Balaban J connectivity index is 1.77. The van der Waals surface area contributed by atoms with Crippen molar-refractivity contribution >= 4 is 16.7 Å². The van der Waals surface area contributed by atoms with E-state index in [1.807, 2.05) is 25.2 Å². The highest BCUT2D eigenvalue weighted by Gasteiger charge is 2.15. The third-order valence-corrected chi connectivity index (χ3v) is 6.15. The Labute approximate surface area is 196 Å². The summed E-state index contributed by atoms with van der Waals surface area (Å²) >= 11 is 0. The van der Waals surface area contributed by atoms with E-state index in [1.165, 1.54) is 34.6 Å². The summed E-state index contributed by atoms with van der Waals surface area (Å²) in [7, 11) is 3.32. The van der Waals surface area contributed by atoms with Crippen LogP contribution in [0.2, 0.25) is 0 Å². The zero-order valence-electron chi connectivity index (χ0n) is 20.0. The number of benzene rings is 4. The molecule has 0 saturated carbocycles. The topological polar surface area (TPSA) is 38.3 Å². The lowest BCUT2D eigenvalue weighted by atomic mass is 9.86. The molecule has 0 aromatic heterocycles. The largest absolute Gasteiger partial charge is 0.465 e. The minimum atomic E-state index is -0.320. The highest BCUT2D eigenvalue weighted by molar-refractivity contribution is 5.99. The van der Waals surface area contributed by atoms with Gasteiger partial charge in [-0.2, -0.15) is 0 Å². The van der Waals surface area contributed by atoms with Gasteiger partial charge in [-0.1, -0.05) is 81.4 Å². The zero-order chi connectivity index (χ0) is 23.6. The first-order chi connectivity index (χ1) is 15.8. The molecule has 0 aliphatic carbocycles. The fourth-order valence-electron chi connectivity index (χ4n) is 4.31. The Morgan fingerprint density at radius 1 is 0.848 bits per heavy atom. The van der Waals surface area contributed by atoms with Crippen molar-refractivity contribution in [2.24, 2.45) is 0 Å². The molecule has 0 aliphatic rings. The molecule has 0 bridgehead atoms. The van der Waals surface area contributed by atoms with Crippen LogP contribution in [0.1, 0.15) is 42.3 Å². The van der Waals surface area contributed by atoms with Crippen LogP contribution in [0.25, 0.3) is 33.0 Å². The van der Waals surface area contributed by atoms with E-state index >= 15 is 0 Å². The Bertz CT molecular complexity index is 1300. The van der Waals surface area contributed by atoms with Crippen molar-refractivity contribution in [2.45, 2.75) is 32.7 Å². The molecule has 0 atom stereocenters. The lowest BCUT2D eigenvalue weighted by Gasteiger charge is -2.19. The maximum atomic E-state index is 12.0. The van der Waals surface area contributed by atoms with Gasteiger partial charge >= 0.3 is 5.97 Å². The number of fused-ring (bicyclic) bond motifs is 1. The standard InChI is InChI=1S/C30H31NO2/c1-30(2,3)25-13-9-20(10-14-25)27-8-6-7-21-17-22(11-16-28(21)27)26-15-12-23(29(32)33-5)18-24(26)19-31-4/h6-18,31H,19H2,1-5H3. The van der Waals surface area contributed by atoms with Crippen LogP contribution in [0, 0.1) is 0 Å². The number of ether oxygens (including phenoxy) is 1. The van der Waals surface area contributed by atoms with Crippen LogP contribution in [0.3, 0.4) is 0 Å². The first kappa shape index (κ1) is 22.8. The fraction of sp³-hybridized carbons (Fsp3) is 0.233. The number of rotatable bonds is 5. The minimum absolute atomic E-state index is 0.140. The molecule has 4 rings (SSSR count). The van der Waals surface area contributed by atoms with Gasteiger partial charge in [-0.15, -0.1) is 0 Å². The Hall–Kier alpha value is -3.43. The van der Waals surface area contributed by atoms with Gasteiger partial charge in [-0.05, 0) is 74.8 Å². The van der Waals surface area contributed by atoms with Gasteiger partial charge in [0.25, 0.3) is 0 Å². The zero-order valence-corrected chi connectivity index (χ0v) is 20.0. The molecule has 4 aromatic carbocycles. The van der Waals surface area contributed by atoms with E-state index in [2.05, 4.69) is 86.8 Å². The van der Waals surface area contributed by atoms with Gasteiger partial charge in [0, 0.05) is 6.54 Å². The van der Waals surface area contributed by atoms with Crippen LogP contribution in [-0.4, -0.2) is 20.1 Å². The van der Waals surface area contributed by atoms with E-state index in [0.717, 1.165) is 16.7 Å². The van der Waals surface area contributed by atoms with Gasteiger partial charge in [0.2, 0.25) is 0 Å². The van der Waals surface area contributed by atoms with Crippen LogP contribution >= 0.6 is 0 Å². The molecule has 33 heavy (non-hydrogen) atoms. The first-order valence-corrected chi connectivity index (χ1v) is 11.3. The number of carbonyl (C=O) groups excluding carboxylic acids is 1. The van der Waals surface area contributed by atoms with Crippen molar-refractivity contribution in [2.75, 3.05) is 14.2 Å². The molecule has 0 heterocycles. The maximum Gasteiger partial charge on any atom is 0.337 e. The van der Waals surface area contributed by atoms with Crippen LogP contribution < -0.4 is 5.32 Å². The molecular formula is C30H31NO2. The minimum Gasteiger partial charge on any atom is -0.465 e. The average molecular weight is 438 g/mol. The molecular weight excluding hydrogens is 406 g/mol. The average Bonchev–Trinajstić information content (AvgIpc) is 2.82. The summed E-state index contributed by atoms with van der Waals surface area (Å²) in [5.74, 6) is -0.320. The molecule has 0 spiro atoms. The van der Waals surface area contributed by atoms with E-state index in [4.69, 9.17) is 4.74 Å². The Morgan fingerprint density at radius 3 is 2.24 bits per heavy atom. The monoisotopic (exact) mass is 437 g/mol. The van der Waals surface area contributed by atoms with Gasteiger partial charge in [-0.25, -0.2) is 4.79 Å². The quantitative estimate of drug-likeness (QED) is 0.342. The summed E-state index contributed by atoms with van der Waals surface area (Å²) in [6.45, 7) is 7.38. The second kappa shape index (κ2) is 9.21. The number of nitrogens with one attached hydrogen (secondary N) is 1. The summed E-state index contributed by atoms with van der Waals surface area (Å²) in [4.78, 5) is 12.0. The Morgan fingerprint density at radius 2 is 1.58 bits per heavy atom. The predicted molar refractivity (Wildman–Crippen MR) is 138 cm³/mol. The van der Waals surface area contributed by atoms with Crippen molar-refractivity contribution in [1.29, 1.82) is 0 Å². The fourth-order valence-corrected chi connectivity index (χ4v) is 4.31. The molecule has 0 radical (unpaired) electrons. The van der Waals surface area contributed by atoms with Crippen molar-refractivity contribution in [3.63, 3.8) is 0 Å². The lowest BCUT2D eigenvalue weighted by molar-refractivity contribution is 0.0600. The molecule has 3 nitrogen and oxygen atoms in total. The highest BCUT2D eigenvalue weighted by Crippen LogP contribution is 2.34. The smallest absolute Gasteiger partial charge is 0.337 e. The van der Waals surface area contributed by atoms with Gasteiger partial charge < -0.3 is 10.1 Å². The number of methoxy groups -OCH3 is 1. The third-order valence-electron chi connectivity index (χ3n) is 6.15. The summed E-state index contributed by atoms with van der Waals surface area (Å²) < 4.78 is 4.89. The van der Waals surface area contributed by atoms with Gasteiger partial charge in [0.15, 0.2) is 0 Å². The van der Waals surface area contributed by atoms with Crippen molar-refractivity contribution in [1.82, 2.24) is 5.32 Å². The van der Waals surface area contributed by atoms with Crippen LogP contribution in [0.5, 0.6) is 0 Å². The number of carbonyl (C=O) groups is 1. The molecule has 0 amide bonds. The second-order valence-electron chi connectivity index (χ2n) is 9.46. The van der Waals surface area contributed by atoms with Crippen molar-refractivity contribution < 1.29 is 9.53 Å². The van der Waals surface area contributed by atoms with Crippen molar-refractivity contribution in [3.05, 3.63) is 95.6 Å². The molecule has 4 aromatic rings. The highest BCUT2D eigenvalue weighted by atomic mass is 16.5. The van der Waals surface area contributed by atoms with Gasteiger partial charge in [-0.3, -0.25) is 0 Å². The summed E-state index contributed by atoms with van der Waals surface area (Å²) in [5.41, 5.74) is 7.79.